The number of fused-ring (bicyclic) bond motifs is 1. The number of benzene rings is 2. The molecule has 4 aromatic rings. The van der Waals surface area contributed by atoms with Gasteiger partial charge < -0.3 is 4.42 Å². The van der Waals surface area contributed by atoms with E-state index in [0.29, 0.717) is 16.1 Å². The van der Waals surface area contributed by atoms with Crippen LogP contribution in [0.3, 0.4) is 0 Å². The lowest BCUT2D eigenvalue weighted by Crippen LogP contribution is -2.22. The normalized spacial score (nSPS) is 11.1. The van der Waals surface area contributed by atoms with Crippen molar-refractivity contribution < 1.29 is 9.21 Å². The minimum absolute atomic E-state index is 0.0586. The summed E-state index contributed by atoms with van der Waals surface area (Å²) in [5.74, 6) is 0.570. The first-order chi connectivity index (χ1) is 13.6. The molecule has 0 aliphatic heterocycles. The molecule has 28 heavy (non-hydrogen) atoms. The Kier molecular flexibility index (Phi) is 5.45. The number of para-hydroxylation sites is 2. The molecule has 0 spiro atoms. The van der Waals surface area contributed by atoms with Gasteiger partial charge in [-0.15, -0.1) is 11.3 Å². The van der Waals surface area contributed by atoms with Crippen LogP contribution in [0.4, 0.5) is 10.8 Å². The number of thiazole rings is 1. The summed E-state index contributed by atoms with van der Waals surface area (Å²) in [5, 5.41) is 3.26. The predicted molar refractivity (Wildman–Crippen MR) is 114 cm³/mol. The third-order valence-corrected chi connectivity index (χ3v) is 6.00. The average Bonchev–Trinajstić information content (AvgIpc) is 3.33. The van der Waals surface area contributed by atoms with Gasteiger partial charge in [0.2, 0.25) is 5.91 Å². The molecule has 0 bridgehead atoms. The SMILES string of the molecule is CCc1ccc(N(C(C)=O)c2nc(CSc3nc4ccccc4o3)cs2)cc1. The van der Waals surface area contributed by atoms with Crippen molar-refractivity contribution >= 4 is 50.9 Å². The number of rotatable bonds is 6. The fourth-order valence-electron chi connectivity index (χ4n) is 2.82. The van der Waals surface area contributed by atoms with Crippen molar-refractivity contribution in [3.63, 3.8) is 0 Å². The van der Waals surface area contributed by atoms with E-state index in [4.69, 9.17) is 4.42 Å². The van der Waals surface area contributed by atoms with Crippen LogP contribution in [0.1, 0.15) is 25.1 Å². The van der Waals surface area contributed by atoms with Crippen LogP contribution < -0.4 is 4.90 Å². The van der Waals surface area contributed by atoms with Gasteiger partial charge in [0.25, 0.3) is 5.22 Å². The van der Waals surface area contributed by atoms with Crippen molar-refractivity contribution in [3.8, 4) is 0 Å². The van der Waals surface area contributed by atoms with E-state index in [-0.39, 0.29) is 5.91 Å². The number of hydrogen-bond acceptors (Lipinski definition) is 6. The van der Waals surface area contributed by atoms with Crippen LogP contribution in [-0.4, -0.2) is 15.9 Å². The van der Waals surface area contributed by atoms with E-state index in [1.807, 2.05) is 53.9 Å². The van der Waals surface area contributed by atoms with Gasteiger partial charge in [-0.25, -0.2) is 9.97 Å². The summed E-state index contributed by atoms with van der Waals surface area (Å²) in [6.07, 6.45) is 0.967. The van der Waals surface area contributed by atoms with E-state index < -0.39 is 0 Å². The van der Waals surface area contributed by atoms with Gasteiger partial charge in [-0.3, -0.25) is 9.69 Å². The van der Waals surface area contributed by atoms with E-state index >= 15 is 0 Å². The van der Waals surface area contributed by atoms with Crippen LogP contribution in [0.2, 0.25) is 0 Å². The molecular weight excluding hydrogens is 390 g/mol. The summed E-state index contributed by atoms with van der Waals surface area (Å²) in [4.78, 5) is 23.0. The average molecular weight is 410 g/mol. The minimum atomic E-state index is -0.0586. The smallest absolute Gasteiger partial charge is 0.257 e. The lowest BCUT2D eigenvalue weighted by atomic mass is 10.1. The highest BCUT2D eigenvalue weighted by atomic mass is 32.2. The van der Waals surface area contributed by atoms with E-state index in [9.17, 15) is 4.79 Å². The van der Waals surface area contributed by atoms with Crippen LogP contribution in [0.15, 0.2) is 63.6 Å². The Hall–Kier alpha value is -2.64. The van der Waals surface area contributed by atoms with Gasteiger partial charge in [0.15, 0.2) is 10.7 Å². The molecule has 2 aromatic carbocycles. The van der Waals surface area contributed by atoms with E-state index in [2.05, 4.69) is 16.9 Å². The van der Waals surface area contributed by atoms with E-state index in [1.165, 1.54) is 28.7 Å². The number of aryl methyl sites for hydroxylation is 1. The Morgan fingerprint density at radius 1 is 1.14 bits per heavy atom. The first-order valence-electron chi connectivity index (χ1n) is 8.96. The monoisotopic (exact) mass is 409 g/mol. The first-order valence-corrected chi connectivity index (χ1v) is 10.8. The summed E-state index contributed by atoms with van der Waals surface area (Å²) in [6.45, 7) is 3.67. The molecule has 0 aliphatic carbocycles. The zero-order valence-electron chi connectivity index (χ0n) is 15.6. The minimum Gasteiger partial charge on any atom is -0.431 e. The molecule has 7 heteroatoms. The second kappa shape index (κ2) is 8.16. The molecule has 5 nitrogen and oxygen atoms in total. The van der Waals surface area contributed by atoms with Crippen LogP contribution in [0.25, 0.3) is 11.1 Å². The zero-order chi connectivity index (χ0) is 19.5. The van der Waals surface area contributed by atoms with Crippen LogP contribution in [0, 0.1) is 0 Å². The molecule has 0 unspecified atom stereocenters. The molecule has 1 amide bonds. The van der Waals surface area contributed by atoms with Crippen molar-refractivity contribution in [2.45, 2.75) is 31.2 Å². The van der Waals surface area contributed by atoms with Crippen molar-refractivity contribution in [2.75, 3.05) is 4.90 Å². The first kappa shape index (κ1) is 18.7. The topological polar surface area (TPSA) is 59.2 Å². The Labute approximate surface area is 171 Å². The third-order valence-electron chi connectivity index (χ3n) is 4.27. The second-order valence-corrected chi connectivity index (χ2v) is 8.00. The number of anilines is 2. The molecule has 4 rings (SSSR count). The molecule has 0 radical (unpaired) electrons. The van der Waals surface area contributed by atoms with E-state index in [0.717, 1.165) is 28.9 Å². The third kappa shape index (κ3) is 3.95. The van der Waals surface area contributed by atoms with Crippen LogP contribution >= 0.6 is 23.1 Å². The number of amides is 1. The molecule has 0 N–H and O–H groups in total. The maximum atomic E-state index is 12.2. The van der Waals surface area contributed by atoms with Crippen molar-refractivity contribution in [3.05, 3.63) is 65.2 Å². The van der Waals surface area contributed by atoms with Gasteiger partial charge in [0.1, 0.15) is 5.52 Å². The van der Waals surface area contributed by atoms with Gasteiger partial charge in [0.05, 0.1) is 11.4 Å². The number of aromatic nitrogens is 2. The maximum absolute atomic E-state index is 12.2. The summed E-state index contributed by atoms with van der Waals surface area (Å²) in [6, 6.07) is 15.7. The Balaban J connectivity index is 1.50. The molecule has 2 aromatic heterocycles. The standard InChI is InChI=1S/C21H19N3O2S2/c1-3-15-8-10-17(11-9-15)24(14(2)25)20-22-16(12-27-20)13-28-21-23-18-6-4-5-7-19(18)26-21/h4-12H,3,13H2,1-2H3. The molecule has 2 heterocycles. The summed E-state index contributed by atoms with van der Waals surface area (Å²) >= 11 is 2.96. The molecule has 0 saturated carbocycles. The molecule has 0 fully saturated rings. The van der Waals surface area contributed by atoms with Gasteiger partial charge in [-0.2, -0.15) is 0 Å². The van der Waals surface area contributed by atoms with Crippen molar-refractivity contribution in [2.24, 2.45) is 0 Å². The number of thioether (sulfide) groups is 1. The summed E-state index contributed by atoms with van der Waals surface area (Å²) in [7, 11) is 0. The maximum Gasteiger partial charge on any atom is 0.257 e. The predicted octanol–water partition coefficient (Wildman–Crippen LogP) is 5.82. The van der Waals surface area contributed by atoms with Gasteiger partial charge in [0, 0.05) is 18.1 Å². The number of oxazole rings is 1. The van der Waals surface area contributed by atoms with Crippen LogP contribution in [0.5, 0.6) is 0 Å². The molecule has 0 atom stereocenters. The largest absolute Gasteiger partial charge is 0.431 e. The van der Waals surface area contributed by atoms with Crippen LogP contribution in [-0.2, 0) is 17.0 Å². The lowest BCUT2D eigenvalue weighted by Gasteiger charge is -2.18. The summed E-state index contributed by atoms with van der Waals surface area (Å²) in [5.41, 5.74) is 4.59. The number of hydrogen-bond donors (Lipinski definition) is 0. The molecule has 142 valence electrons. The number of nitrogens with zero attached hydrogens (tertiary/aromatic N) is 3. The highest BCUT2D eigenvalue weighted by molar-refractivity contribution is 7.98. The lowest BCUT2D eigenvalue weighted by molar-refractivity contribution is -0.115. The molecular formula is C21H19N3O2S2. The second-order valence-electron chi connectivity index (χ2n) is 6.23. The van der Waals surface area contributed by atoms with Gasteiger partial charge >= 0.3 is 0 Å². The Morgan fingerprint density at radius 3 is 2.64 bits per heavy atom. The highest BCUT2D eigenvalue weighted by Gasteiger charge is 2.18. The highest BCUT2D eigenvalue weighted by Crippen LogP contribution is 2.32. The fourth-order valence-corrected chi connectivity index (χ4v) is 4.54. The Morgan fingerprint density at radius 2 is 1.93 bits per heavy atom. The van der Waals surface area contributed by atoms with Crippen molar-refractivity contribution in [1.82, 2.24) is 9.97 Å². The van der Waals surface area contributed by atoms with Gasteiger partial charge in [-0.1, -0.05) is 43.0 Å². The zero-order valence-corrected chi connectivity index (χ0v) is 17.2. The van der Waals surface area contributed by atoms with E-state index in [1.54, 1.807) is 11.8 Å². The van der Waals surface area contributed by atoms with Gasteiger partial charge in [-0.05, 0) is 36.2 Å². The number of carbonyl (C=O) groups is 1. The van der Waals surface area contributed by atoms with Crippen molar-refractivity contribution in [1.29, 1.82) is 0 Å². The summed E-state index contributed by atoms with van der Waals surface area (Å²) < 4.78 is 5.74. The number of carbonyl (C=O) groups excluding carboxylic acids is 1. The quantitative estimate of drug-likeness (QED) is 0.375. The molecule has 0 aliphatic rings. The molecule has 0 saturated heterocycles. The Bertz CT molecular complexity index is 1070. The fraction of sp³-hybridized carbons (Fsp3) is 0.190.